The third kappa shape index (κ3) is 4.79. The molecule has 2 rings (SSSR count). The first-order valence-electron chi connectivity index (χ1n) is 7.87. The van der Waals surface area contributed by atoms with E-state index in [-0.39, 0.29) is 11.9 Å². The average molecular weight is 345 g/mol. The van der Waals surface area contributed by atoms with Crippen LogP contribution in [0.4, 0.5) is 0 Å². The molecule has 0 radical (unpaired) electrons. The lowest BCUT2D eigenvalue weighted by molar-refractivity contribution is 0.0920. The summed E-state index contributed by atoms with van der Waals surface area (Å²) in [5, 5.41) is 2.89. The van der Waals surface area contributed by atoms with E-state index in [1.54, 1.807) is 25.3 Å². The Morgan fingerprint density at radius 2 is 1.48 bits per heavy atom. The highest BCUT2D eigenvalue weighted by Crippen LogP contribution is 2.28. The zero-order valence-electron chi connectivity index (χ0n) is 14.9. The van der Waals surface area contributed by atoms with Crippen LogP contribution in [0.1, 0.15) is 17.3 Å². The first-order valence-corrected chi connectivity index (χ1v) is 7.87. The zero-order chi connectivity index (χ0) is 18.2. The predicted octanol–water partition coefficient (Wildman–Crippen LogP) is 2.91. The van der Waals surface area contributed by atoms with Gasteiger partial charge in [0.1, 0.15) is 35.2 Å². The molecule has 25 heavy (non-hydrogen) atoms. The van der Waals surface area contributed by atoms with E-state index in [9.17, 15) is 4.79 Å². The van der Waals surface area contributed by atoms with Crippen molar-refractivity contribution in [2.75, 3.05) is 27.9 Å². The molecule has 0 bridgehead atoms. The molecule has 2 aromatic carbocycles. The van der Waals surface area contributed by atoms with Crippen molar-refractivity contribution in [1.82, 2.24) is 5.32 Å². The lowest BCUT2D eigenvalue weighted by Gasteiger charge is -2.17. The van der Waals surface area contributed by atoms with Crippen molar-refractivity contribution < 1.29 is 23.7 Å². The molecule has 0 fully saturated rings. The molecule has 2 aromatic rings. The normalized spacial score (nSPS) is 11.4. The van der Waals surface area contributed by atoms with Crippen LogP contribution in [0.2, 0.25) is 0 Å². The van der Waals surface area contributed by atoms with Gasteiger partial charge in [-0.25, -0.2) is 0 Å². The van der Waals surface area contributed by atoms with Crippen LogP contribution in [-0.2, 0) is 0 Å². The van der Waals surface area contributed by atoms with E-state index in [2.05, 4.69) is 5.32 Å². The second-order valence-electron chi connectivity index (χ2n) is 5.40. The molecule has 1 amide bonds. The van der Waals surface area contributed by atoms with E-state index < -0.39 is 0 Å². The molecule has 0 unspecified atom stereocenters. The minimum Gasteiger partial charge on any atom is -0.497 e. The Labute approximate surface area is 147 Å². The number of carbonyl (C=O) groups excluding carboxylic acids is 1. The molecule has 0 aliphatic carbocycles. The highest BCUT2D eigenvalue weighted by Gasteiger charge is 2.19. The fraction of sp³-hybridized carbons (Fsp3) is 0.316. The molecule has 0 aliphatic heterocycles. The van der Waals surface area contributed by atoms with Gasteiger partial charge in [-0.05, 0) is 43.3 Å². The number of benzene rings is 2. The maximum Gasteiger partial charge on any atom is 0.259 e. The van der Waals surface area contributed by atoms with Crippen molar-refractivity contribution in [3.63, 3.8) is 0 Å². The number of carbonyl (C=O) groups is 1. The first kappa shape index (κ1) is 18.4. The van der Waals surface area contributed by atoms with Crippen LogP contribution in [0.5, 0.6) is 23.0 Å². The van der Waals surface area contributed by atoms with Gasteiger partial charge in [0.2, 0.25) is 0 Å². The van der Waals surface area contributed by atoms with Gasteiger partial charge in [0.15, 0.2) is 0 Å². The van der Waals surface area contributed by atoms with Crippen LogP contribution in [0.25, 0.3) is 0 Å². The Balaban J connectivity index is 1.98. The molecule has 6 nitrogen and oxygen atoms in total. The Kier molecular flexibility index (Phi) is 6.51. The number of amides is 1. The topological polar surface area (TPSA) is 66.0 Å². The van der Waals surface area contributed by atoms with Gasteiger partial charge in [0, 0.05) is 0 Å². The maximum atomic E-state index is 12.6. The highest BCUT2D eigenvalue weighted by atomic mass is 16.5. The van der Waals surface area contributed by atoms with Crippen LogP contribution in [-0.4, -0.2) is 39.9 Å². The number of ether oxygens (including phenoxy) is 4. The van der Waals surface area contributed by atoms with Gasteiger partial charge < -0.3 is 24.3 Å². The van der Waals surface area contributed by atoms with Crippen molar-refractivity contribution in [3.8, 4) is 23.0 Å². The number of rotatable bonds is 8. The molecule has 0 aliphatic rings. The lowest BCUT2D eigenvalue weighted by Crippen LogP contribution is -2.37. The summed E-state index contributed by atoms with van der Waals surface area (Å²) >= 11 is 0. The summed E-state index contributed by atoms with van der Waals surface area (Å²) in [6.45, 7) is 2.19. The fourth-order valence-electron chi connectivity index (χ4n) is 2.31. The van der Waals surface area contributed by atoms with Crippen molar-refractivity contribution in [1.29, 1.82) is 0 Å². The molecule has 0 spiro atoms. The van der Waals surface area contributed by atoms with Gasteiger partial charge >= 0.3 is 0 Å². The number of methoxy groups -OCH3 is 3. The average Bonchev–Trinajstić information content (AvgIpc) is 2.65. The first-order chi connectivity index (χ1) is 12.1. The van der Waals surface area contributed by atoms with Gasteiger partial charge in [-0.1, -0.05) is 6.07 Å². The van der Waals surface area contributed by atoms with Crippen LogP contribution in [0, 0.1) is 0 Å². The molecule has 0 heterocycles. The highest BCUT2D eigenvalue weighted by molar-refractivity contribution is 5.99. The molecule has 1 atom stereocenters. The van der Waals surface area contributed by atoms with E-state index in [0.717, 1.165) is 5.75 Å². The molecule has 6 heteroatoms. The standard InChI is InChI=1S/C19H23NO5/c1-13(12-25-15-10-8-14(22-2)9-11-15)20-19(21)18-16(23-3)6-5-7-17(18)24-4/h5-11,13H,12H2,1-4H3,(H,20,21)/t13-/m0/s1. The van der Waals surface area contributed by atoms with Crippen molar-refractivity contribution >= 4 is 5.91 Å². The molecule has 0 saturated carbocycles. The Hall–Kier alpha value is -2.89. The van der Waals surface area contributed by atoms with E-state index in [1.807, 2.05) is 31.2 Å². The summed E-state index contributed by atoms with van der Waals surface area (Å²) in [5.41, 5.74) is 0.365. The SMILES string of the molecule is COc1ccc(OC[C@H](C)NC(=O)c2c(OC)cccc2OC)cc1. The quantitative estimate of drug-likeness (QED) is 0.797. The van der Waals surface area contributed by atoms with E-state index >= 15 is 0 Å². The Morgan fingerprint density at radius 3 is 2.00 bits per heavy atom. The lowest BCUT2D eigenvalue weighted by atomic mass is 10.1. The second kappa shape index (κ2) is 8.82. The summed E-state index contributed by atoms with van der Waals surface area (Å²) < 4.78 is 21.3. The maximum absolute atomic E-state index is 12.6. The molecule has 1 N–H and O–H groups in total. The smallest absolute Gasteiger partial charge is 0.259 e. The minimum absolute atomic E-state index is 0.204. The fourth-order valence-corrected chi connectivity index (χ4v) is 2.31. The zero-order valence-corrected chi connectivity index (χ0v) is 14.9. The van der Waals surface area contributed by atoms with E-state index in [1.165, 1.54) is 14.2 Å². The van der Waals surface area contributed by atoms with Crippen LogP contribution < -0.4 is 24.3 Å². The van der Waals surface area contributed by atoms with E-state index in [4.69, 9.17) is 18.9 Å². The van der Waals surface area contributed by atoms with Gasteiger partial charge in [0.25, 0.3) is 5.91 Å². The summed E-state index contributed by atoms with van der Waals surface area (Å²) in [6.07, 6.45) is 0. The van der Waals surface area contributed by atoms with Crippen molar-refractivity contribution in [2.45, 2.75) is 13.0 Å². The van der Waals surface area contributed by atoms with Crippen molar-refractivity contribution in [3.05, 3.63) is 48.0 Å². The Bertz CT molecular complexity index is 677. The van der Waals surface area contributed by atoms with Gasteiger partial charge in [0.05, 0.1) is 27.4 Å². The van der Waals surface area contributed by atoms with Crippen LogP contribution >= 0.6 is 0 Å². The van der Waals surface area contributed by atoms with Crippen LogP contribution in [0.15, 0.2) is 42.5 Å². The second-order valence-corrected chi connectivity index (χ2v) is 5.40. The number of nitrogens with one attached hydrogen (secondary N) is 1. The molecule has 0 saturated heterocycles. The third-order valence-electron chi connectivity index (χ3n) is 3.59. The molecular weight excluding hydrogens is 322 g/mol. The number of hydrogen-bond acceptors (Lipinski definition) is 5. The number of hydrogen-bond donors (Lipinski definition) is 1. The summed E-state index contributed by atoms with van der Waals surface area (Å²) in [4.78, 5) is 12.6. The van der Waals surface area contributed by atoms with Crippen molar-refractivity contribution in [2.24, 2.45) is 0 Å². The largest absolute Gasteiger partial charge is 0.497 e. The molecular formula is C19H23NO5. The predicted molar refractivity (Wildman–Crippen MR) is 95.0 cm³/mol. The summed E-state index contributed by atoms with van der Waals surface area (Å²) in [6, 6.07) is 12.3. The van der Waals surface area contributed by atoms with Gasteiger partial charge in [-0.2, -0.15) is 0 Å². The minimum atomic E-state index is -0.278. The summed E-state index contributed by atoms with van der Waals surface area (Å²) in [7, 11) is 4.64. The van der Waals surface area contributed by atoms with Crippen LogP contribution in [0.3, 0.4) is 0 Å². The molecule has 134 valence electrons. The van der Waals surface area contributed by atoms with Gasteiger partial charge in [-0.3, -0.25) is 4.79 Å². The summed E-state index contributed by atoms with van der Waals surface area (Å²) in [5.74, 6) is 2.11. The molecule has 0 aromatic heterocycles. The van der Waals surface area contributed by atoms with Gasteiger partial charge in [-0.15, -0.1) is 0 Å². The van der Waals surface area contributed by atoms with E-state index in [0.29, 0.717) is 29.4 Å². The third-order valence-corrected chi connectivity index (χ3v) is 3.59. The Morgan fingerprint density at radius 1 is 0.920 bits per heavy atom. The monoisotopic (exact) mass is 345 g/mol.